The van der Waals surface area contributed by atoms with Crippen molar-refractivity contribution in [2.24, 2.45) is 11.8 Å². The van der Waals surface area contributed by atoms with Gasteiger partial charge in [-0.2, -0.15) is 0 Å². The van der Waals surface area contributed by atoms with Crippen LogP contribution in [0.1, 0.15) is 97.8 Å². The number of carbonyl (C=O) groups excluding carboxylic acids is 1. The smallest absolute Gasteiger partial charge is 0.162 e. The first kappa shape index (κ1) is 35.6. The van der Waals surface area contributed by atoms with Gasteiger partial charge < -0.3 is 5.11 Å². The van der Waals surface area contributed by atoms with Crippen molar-refractivity contribution in [3.05, 3.63) is 88.9 Å². The molecule has 0 bridgehead atoms. The maximum absolute atomic E-state index is 14.0. The number of hydrogen-bond donors (Lipinski definition) is 1. The first-order valence-electron chi connectivity index (χ1n) is 15.8. The Balaban J connectivity index is 0.000000286. The number of benzene rings is 3. The van der Waals surface area contributed by atoms with E-state index in [1.807, 2.05) is 39.8 Å². The summed E-state index contributed by atoms with van der Waals surface area (Å²) in [6.07, 6.45) is 4.91. The van der Waals surface area contributed by atoms with Crippen molar-refractivity contribution >= 4 is 27.5 Å². The zero-order chi connectivity index (χ0) is 31.7. The van der Waals surface area contributed by atoms with Gasteiger partial charge in [0.1, 0.15) is 5.82 Å². The number of aryl methyl sites for hydroxylation is 1. The second-order valence-corrected chi connectivity index (χ2v) is 13.0. The summed E-state index contributed by atoms with van der Waals surface area (Å²) in [4.78, 5) is 16.8. The van der Waals surface area contributed by atoms with Crippen molar-refractivity contribution in [1.29, 1.82) is 0 Å². The van der Waals surface area contributed by atoms with Crippen LogP contribution >= 0.6 is 0 Å². The maximum atomic E-state index is 14.0. The number of halogens is 1. The van der Waals surface area contributed by atoms with E-state index in [4.69, 9.17) is 4.98 Å². The average Bonchev–Trinajstić information content (AvgIpc) is 2.97. The molecule has 0 spiro atoms. The summed E-state index contributed by atoms with van der Waals surface area (Å²) in [5.41, 5.74) is 6.38. The normalized spacial score (nSPS) is 15.0. The molecule has 3 nitrogen and oxygen atoms in total. The predicted molar refractivity (Wildman–Crippen MR) is 178 cm³/mol. The van der Waals surface area contributed by atoms with Crippen LogP contribution in [-0.4, -0.2) is 15.9 Å². The molecule has 5 heteroatoms. The van der Waals surface area contributed by atoms with E-state index < -0.39 is 0 Å². The number of carbonyl (C=O) groups is 1. The molecule has 4 aromatic rings. The molecule has 44 heavy (non-hydrogen) atoms. The SMILES string of the molecule is CCC(CC)C(=O)/C=C(\O)C(CC)CC.Cc1c2c([c-]c3ccc(F)cc13)-c1nc3ccccc3cc1C(C)(C)C2(C)C.[Ir]. The molecule has 1 radical (unpaired) electrons. The minimum absolute atomic E-state index is 0. The minimum atomic E-state index is -0.207. The average molecular weight is 773 g/mol. The molecule has 0 saturated carbocycles. The Hall–Kier alpha value is -2.88. The first-order chi connectivity index (χ1) is 20.3. The number of ketones is 1. The van der Waals surface area contributed by atoms with Gasteiger partial charge in [-0.15, -0.1) is 23.1 Å². The molecule has 1 heterocycles. The Morgan fingerprint density at radius 3 is 2.16 bits per heavy atom. The van der Waals surface area contributed by atoms with Crippen molar-refractivity contribution in [1.82, 2.24) is 4.98 Å². The number of aliphatic hydroxyl groups is 1. The summed E-state index contributed by atoms with van der Waals surface area (Å²) in [7, 11) is 0. The monoisotopic (exact) mass is 773 g/mol. The second kappa shape index (κ2) is 14.0. The Labute approximate surface area is 276 Å². The number of para-hydroxylation sites is 1. The summed E-state index contributed by atoms with van der Waals surface area (Å²) >= 11 is 0. The van der Waals surface area contributed by atoms with Crippen LogP contribution in [0.5, 0.6) is 0 Å². The predicted octanol–water partition coefficient (Wildman–Crippen LogP) is 10.7. The Bertz CT molecular complexity index is 1680. The van der Waals surface area contributed by atoms with Gasteiger partial charge in [-0.05, 0) is 53.5 Å². The van der Waals surface area contributed by atoms with E-state index in [-0.39, 0.29) is 60.1 Å². The van der Waals surface area contributed by atoms with Gasteiger partial charge in [-0.1, -0.05) is 115 Å². The van der Waals surface area contributed by atoms with Crippen LogP contribution in [-0.2, 0) is 35.7 Å². The van der Waals surface area contributed by atoms with Gasteiger partial charge in [-0.25, -0.2) is 4.39 Å². The summed E-state index contributed by atoms with van der Waals surface area (Å²) in [6.45, 7) is 19.3. The molecule has 0 atom stereocenters. The molecule has 1 aliphatic carbocycles. The zero-order valence-electron chi connectivity index (χ0n) is 27.7. The molecule has 1 aliphatic rings. The molecular formula is C39H47FIrNO2-. The van der Waals surface area contributed by atoms with E-state index in [1.54, 1.807) is 6.07 Å². The Morgan fingerprint density at radius 1 is 0.932 bits per heavy atom. The fourth-order valence-corrected chi connectivity index (χ4v) is 6.63. The quantitative estimate of drug-likeness (QED) is 0.116. The maximum Gasteiger partial charge on any atom is 0.162 e. The van der Waals surface area contributed by atoms with Gasteiger partial charge >= 0.3 is 0 Å². The molecular weight excluding hydrogens is 726 g/mol. The van der Waals surface area contributed by atoms with Gasteiger partial charge in [0.2, 0.25) is 0 Å². The van der Waals surface area contributed by atoms with Gasteiger partial charge in [0.05, 0.1) is 11.3 Å². The van der Waals surface area contributed by atoms with Crippen LogP contribution in [0.2, 0.25) is 0 Å². The van der Waals surface area contributed by atoms with E-state index in [0.29, 0.717) is 0 Å². The molecule has 237 valence electrons. The Morgan fingerprint density at radius 2 is 1.55 bits per heavy atom. The van der Waals surface area contributed by atoms with Gasteiger partial charge in [0, 0.05) is 43.7 Å². The van der Waals surface area contributed by atoms with E-state index >= 15 is 0 Å². The third-order valence-electron chi connectivity index (χ3n) is 10.2. The Kier molecular flexibility index (Phi) is 11.4. The zero-order valence-corrected chi connectivity index (χ0v) is 30.1. The van der Waals surface area contributed by atoms with Crippen molar-refractivity contribution in [3.8, 4) is 11.3 Å². The molecule has 3 aromatic carbocycles. The second-order valence-electron chi connectivity index (χ2n) is 13.0. The largest absolute Gasteiger partial charge is 0.512 e. The summed E-state index contributed by atoms with van der Waals surface area (Å²) in [5.74, 6) is 0.340. The van der Waals surface area contributed by atoms with Crippen molar-refractivity contribution < 1.29 is 34.4 Å². The van der Waals surface area contributed by atoms with Crippen molar-refractivity contribution in [3.63, 3.8) is 0 Å². The molecule has 0 aliphatic heterocycles. The molecule has 5 rings (SSSR count). The van der Waals surface area contributed by atoms with E-state index in [2.05, 4.69) is 65.0 Å². The van der Waals surface area contributed by atoms with E-state index in [1.165, 1.54) is 23.3 Å². The van der Waals surface area contributed by atoms with E-state index in [0.717, 1.165) is 64.2 Å². The number of hydrogen-bond acceptors (Lipinski definition) is 3. The van der Waals surface area contributed by atoms with E-state index in [9.17, 15) is 14.3 Å². The van der Waals surface area contributed by atoms with Crippen molar-refractivity contribution in [2.75, 3.05) is 0 Å². The fourth-order valence-electron chi connectivity index (χ4n) is 6.63. The number of allylic oxidation sites excluding steroid dienone is 2. The van der Waals surface area contributed by atoms with Gasteiger partial charge in [0.25, 0.3) is 0 Å². The number of pyridine rings is 1. The van der Waals surface area contributed by atoms with Crippen LogP contribution in [0, 0.1) is 30.6 Å². The van der Waals surface area contributed by atoms with Gasteiger partial charge in [0.15, 0.2) is 5.78 Å². The summed E-state index contributed by atoms with van der Waals surface area (Å²) < 4.78 is 14.0. The minimum Gasteiger partial charge on any atom is -0.512 e. The number of aromatic nitrogens is 1. The molecule has 0 saturated heterocycles. The fraction of sp³-hybridized carbons (Fsp3) is 0.436. The molecule has 0 amide bonds. The van der Waals surface area contributed by atoms with Gasteiger partial charge in [-0.3, -0.25) is 9.78 Å². The third kappa shape index (κ3) is 6.42. The third-order valence-corrected chi connectivity index (χ3v) is 10.2. The van der Waals surface area contributed by atoms with Crippen LogP contribution in [0.15, 0.2) is 60.4 Å². The topological polar surface area (TPSA) is 50.2 Å². The standard InChI is InChI=1S/C26H23FN.C13H24O2.Ir/c1-15-19-14-18(27)11-10-16(19)12-20-23(15)26(4,5)25(2,3)21-13-17-8-6-7-9-22(17)28-24(20)21;1-5-10(6-2)12(14)9-13(15)11(7-3)8-4;/h6-11,13-14H,1-5H3;9-11,14H,5-8H2,1-4H3;/q-1;;/b;12-9-;. The van der Waals surface area contributed by atoms with Crippen LogP contribution in [0.25, 0.3) is 32.9 Å². The molecule has 1 N–H and O–H groups in total. The molecule has 0 unspecified atom stereocenters. The van der Waals surface area contributed by atoms with Crippen molar-refractivity contribution in [2.45, 2.75) is 98.8 Å². The number of aliphatic hydroxyl groups excluding tert-OH is 1. The summed E-state index contributed by atoms with van der Waals surface area (Å²) in [5, 5.41) is 12.8. The van der Waals surface area contributed by atoms with Crippen LogP contribution < -0.4 is 0 Å². The molecule has 0 fully saturated rings. The van der Waals surface area contributed by atoms with Crippen LogP contribution in [0.3, 0.4) is 0 Å². The summed E-state index contributed by atoms with van der Waals surface area (Å²) in [6, 6.07) is 19.1. The molecule has 1 aromatic heterocycles. The van der Waals surface area contributed by atoms with Crippen LogP contribution in [0.4, 0.5) is 4.39 Å². The number of nitrogens with zero attached hydrogens (tertiary/aromatic N) is 1. The number of rotatable bonds is 7. The number of fused-ring (bicyclic) bond motifs is 5. The first-order valence-corrected chi connectivity index (χ1v) is 15.8.